The Balaban J connectivity index is 2.08. The second kappa shape index (κ2) is 5.76. The molecule has 0 amide bonds. The summed E-state index contributed by atoms with van der Waals surface area (Å²) in [5.74, 6) is -0.303. The van der Waals surface area contributed by atoms with Crippen molar-refractivity contribution in [3.05, 3.63) is 35.0 Å². The first-order valence-corrected chi connectivity index (χ1v) is 6.89. The number of methoxy groups -OCH3 is 1. The number of nitrogens with zero attached hydrogens (tertiary/aromatic N) is 2. The van der Waals surface area contributed by atoms with Gasteiger partial charge in [-0.1, -0.05) is 11.6 Å². The zero-order chi connectivity index (χ0) is 15.7. The van der Waals surface area contributed by atoms with Crippen molar-refractivity contribution in [2.45, 2.75) is 6.54 Å². The minimum absolute atomic E-state index is 0.0814. The Hall–Kier alpha value is -2.41. The van der Waals surface area contributed by atoms with E-state index in [1.54, 1.807) is 12.3 Å². The summed E-state index contributed by atoms with van der Waals surface area (Å²) in [6, 6.07) is 1.63. The third kappa shape index (κ3) is 2.43. The van der Waals surface area contributed by atoms with E-state index in [4.69, 9.17) is 25.5 Å². The van der Waals surface area contributed by atoms with E-state index >= 15 is 0 Å². The molecule has 1 aliphatic rings. The van der Waals surface area contributed by atoms with Crippen molar-refractivity contribution >= 4 is 23.3 Å². The van der Waals surface area contributed by atoms with Gasteiger partial charge in [-0.05, 0) is 6.07 Å². The average molecular weight is 325 g/mol. The van der Waals surface area contributed by atoms with Crippen molar-refractivity contribution in [1.82, 2.24) is 4.98 Å². The van der Waals surface area contributed by atoms with Gasteiger partial charge in [-0.25, -0.2) is 9.78 Å². The highest BCUT2D eigenvalue weighted by Crippen LogP contribution is 2.44. The Bertz CT molecular complexity index is 702. The van der Waals surface area contributed by atoms with Crippen LogP contribution in [0.2, 0.25) is 5.02 Å². The van der Waals surface area contributed by atoms with Crippen LogP contribution < -0.4 is 14.4 Å². The van der Waals surface area contributed by atoms with E-state index in [-0.39, 0.29) is 22.1 Å². The zero-order valence-electron chi connectivity index (χ0n) is 11.7. The number of aromatic carboxylic acids is 1. The highest BCUT2D eigenvalue weighted by Gasteiger charge is 2.30. The molecule has 0 saturated heterocycles. The summed E-state index contributed by atoms with van der Waals surface area (Å²) in [7, 11) is 1.37. The lowest BCUT2D eigenvalue weighted by Crippen LogP contribution is -2.33. The Labute approximate surface area is 131 Å². The standard InChI is InChI=1S/C14H13ClN2O5/c1-20-12-8(15)6-9-13(11(12)14(18)19)22-5-3-17(9)7-10-16-2-4-21-10/h2,4,6H,3,5,7H2,1H3,(H,18,19). The van der Waals surface area contributed by atoms with Crippen LogP contribution in [0.25, 0.3) is 0 Å². The largest absolute Gasteiger partial charge is 0.494 e. The van der Waals surface area contributed by atoms with Crippen LogP contribution in [0.3, 0.4) is 0 Å². The average Bonchev–Trinajstić information content (AvgIpc) is 2.99. The van der Waals surface area contributed by atoms with Crippen LogP contribution in [0, 0.1) is 0 Å². The lowest BCUT2D eigenvalue weighted by molar-refractivity contribution is 0.0688. The molecule has 0 spiro atoms. The molecule has 1 aromatic heterocycles. The van der Waals surface area contributed by atoms with Gasteiger partial charge in [-0.15, -0.1) is 0 Å². The van der Waals surface area contributed by atoms with Crippen molar-refractivity contribution in [3.8, 4) is 11.5 Å². The first-order chi connectivity index (χ1) is 10.6. The summed E-state index contributed by atoms with van der Waals surface area (Å²) in [4.78, 5) is 17.5. The highest BCUT2D eigenvalue weighted by atomic mass is 35.5. The number of ether oxygens (including phenoxy) is 2. The van der Waals surface area contributed by atoms with Crippen LogP contribution in [0.5, 0.6) is 11.5 Å². The van der Waals surface area contributed by atoms with Crippen LogP contribution >= 0.6 is 11.6 Å². The van der Waals surface area contributed by atoms with Crippen molar-refractivity contribution in [1.29, 1.82) is 0 Å². The number of hydrogen-bond acceptors (Lipinski definition) is 6. The summed E-state index contributed by atoms with van der Waals surface area (Å²) >= 11 is 6.15. The zero-order valence-corrected chi connectivity index (χ0v) is 12.5. The maximum Gasteiger partial charge on any atom is 0.343 e. The number of carboxylic acid groups (broad SMARTS) is 1. The van der Waals surface area contributed by atoms with Gasteiger partial charge >= 0.3 is 5.97 Å². The predicted molar refractivity (Wildman–Crippen MR) is 78.0 cm³/mol. The van der Waals surface area contributed by atoms with Gasteiger partial charge in [-0.3, -0.25) is 0 Å². The number of halogens is 1. The van der Waals surface area contributed by atoms with Crippen molar-refractivity contribution in [2.24, 2.45) is 0 Å². The Morgan fingerprint density at radius 1 is 1.59 bits per heavy atom. The number of fused-ring (bicyclic) bond motifs is 1. The maximum atomic E-state index is 11.6. The van der Waals surface area contributed by atoms with Gasteiger partial charge in [0.15, 0.2) is 11.5 Å². The Kier molecular flexibility index (Phi) is 3.81. The monoisotopic (exact) mass is 324 g/mol. The number of carboxylic acids is 1. The van der Waals surface area contributed by atoms with E-state index in [0.717, 1.165) is 0 Å². The lowest BCUT2D eigenvalue weighted by atomic mass is 10.1. The molecule has 0 aliphatic carbocycles. The second-order valence-corrected chi connectivity index (χ2v) is 5.02. The van der Waals surface area contributed by atoms with E-state index in [0.29, 0.717) is 31.3 Å². The highest BCUT2D eigenvalue weighted by molar-refractivity contribution is 6.33. The quantitative estimate of drug-likeness (QED) is 0.924. The molecule has 8 heteroatoms. The molecule has 22 heavy (non-hydrogen) atoms. The number of rotatable bonds is 4. The van der Waals surface area contributed by atoms with E-state index < -0.39 is 5.97 Å². The molecule has 0 bridgehead atoms. The normalized spacial score (nSPS) is 13.5. The summed E-state index contributed by atoms with van der Waals surface area (Å²) in [6.07, 6.45) is 3.04. The molecule has 0 radical (unpaired) electrons. The lowest BCUT2D eigenvalue weighted by Gasteiger charge is -2.31. The Morgan fingerprint density at radius 2 is 2.41 bits per heavy atom. The first kappa shape index (κ1) is 14.5. The number of oxazole rings is 1. The van der Waals surface area contributed by atoms with Crippen LogP contribution in [-0.2, 0) is 6.54 Å². The van der Waals surface area contributed by atoms with Gasteiger partial charge in [0, 0.05) is 0 Å². The van der Waals surface area contributed by atoms with Crippen LogP contribution in [0.4, 0.5) is 5.69 Å². The van der Waals surface area contributed by atoms with Gasteiger partial charge < -0.3 is 23.9 Å². The van der Waals surface area contributed by atoms with Crippen LogP contribution in [0.15, 0.2) is 22.9 Å². The predicted octanol–water partition coefficient (Wildman–Crippen LogP) is 2.43. The molecule has 2 heterocycles. The molecule has 2 aromatic rings. The third-order valence-electron chi connectivity index (χ3n) is 3.34. The minimum Gasteiger partial charge on any atom is -0.494 e. The molecular formula is C14H13ClN2O5. The maximum absolute atomic E-state index is 11.6. The Morgan fingerprint density at radius 3 is 3.05 bits per heavy atom. The summed E-state index contributed by atoms with van der Waals surface area (Å²) in [5.41, 5.74) is 0.495. The molecule has 0 atom stereocenters. The number of carbonyl (C=O) groups is 1. The van der Waals surface area contributed by atoms with Crippen LogP contribution in [-0.4, -0.2) is 36.3 Å². The van der Waals surface area contributed by atoms with Crippen molar-refractivity contribution in [3.63, 3.8) is 0 Å². The number of aromatic nitrogens is 1. The smallest absolute Gasteiger partial charge is 0.343 e. The summed E-state index contributed by atoms with van der Waals surface area (Å²) in [5, 5.41) is 9.66. The SMILES string of the molecule is COc1c(Cl)cc2c(c1C(=O)O)OCCN2Cc1ncco1. The van der Waals surface area contributed by atoms with Gasteiger partial charge in [0.05, 0.1) is 37.1 Å². The fourth-order valence-electron chi connectivity index (χ4n) is 2.41. The summed E-state index contributed by atoms with van der Waals surface area (Å²) in [6.45, 7) is 1.31. The van der Waals surface area contributed by atoms with Crippen molar-refractivity contribution < 1.29 is 23.8 Å². The molecule has 3 rings (SSSR count). The van der Waals surface area contributed by atoms with E-state index in [1.165, 1.54) is 13.4 Å². The van der Waals surface area contributed by atoms with Gasteiger partial charge in [0.2, 0.25) is 5.89 Å². The number of benzene rings is 1. The molecule has 1 aromatic carbocycles. The van der Waals surface area contributed by atoms with Gasteiger partial charge in [0.1, 0.15) is 18.4 Å². The van der Waals surface area contributed by atoms with E-state index in [2.05, 4.69) is 4.98 Å². The van der Waals surface area contributed by atoms with Gasteiger partial charge in [-0.2, -0.15) is 0 Å². The molecule has 1 aliphatic heterocycles. The fourth-order valence-corrected chi connectivity index (χ4v) is 2.69. The third-order valence-corrected chi connectivity index (χ3v) is 3.62. The molecular weight excluding hydrogens is 312 g/mol. The second-order valence-electron chi connectivity index (χ2n) is 4.62. The first-order valence-electron chi connectivity index (χ1n) is 6.51. The number of hydrogen-bond donors (Lipinski definition) is 1. The molecule has 7 nitrogen and oxygen atoms in total. The minimum atomic E-state index is -1.16. The fraction of sp³-hybridized carbons (Fsp3) is 0.286. The summed E-state index contributed by atoms with van der Waals surface area (Å²) < 4.78 is 15.9. The molecule has 1 N–H and O–H groups in total. The number of anilines is 1. The van der Waals surface area contributed by atoms with Crippen molar-refractivity contribution in [2.75, 3.05) is 25.2 Å². The molecule has 0 unspecified atom stereocenters. The topological polar surface area (TPSA) is 85.0 Å². The van der Waals surface area contributed by atoms with Crippen LogP contribution in [0.1, 0.15) is 16.2 Å². The molecule has 0 saturated carbocycles. The van der Waals surface area contributed by atoms with E-state index in [9.17, 15) is 9.90 Å². The molecule has 0 fully saturated rings. The molecule has 116 valence electrons. The van der Waals surface area contributed by atoms with Gasteiger partial charge in [0.25, 0.3) is 0 Å². The van der Waals surface area contributed by atoms with E-state index in [1.807, 2.05) is 4.90 Å².